The first kappa shape index (κ1) is 16.5. The van der Waals surface area contributed by atoms with Gasteiger partial charge in [0.2, 0.25) is 5.91 Å². The van der Waals surface area contributed by atoms with Crippen LogP contribution in [0.1, 0.15) is 31.2 Å². The third-order valence-electron chi connectivity index (χ3n) is 3.24. The van der Waals surface area contributed by atoms with Crippen molar-refractivity contribution in [3.8, 4) is 5.69 Å². The summed E-state index contributed by atoms with van der Waals surface area (Å²) in [7, 11) is 0. The normalized spacial score (nSPS) is 10.7. The fraction of sp³-hybridized carbons (Fsp3) is 0.438. The van der Waals surface area contributed by atoms with Crippen LogP contribution in [0.3, 0.4) is 0 Å². The molecule has 0 bridgehead atoms. The summed E-state index contributed by atoms with van der Waals surface area (Å²) in [6.45, 7) is 6.81. The van der Waals surface area contributed by atoms with Crippen LogP contribution in [0.4, 0.5) is 0 Å². The van der Waals surface area contributed by atoms with Gasteiger partial charge in [-0.3, -0.25) is 9.36 Å². The van der Waals surface area contributed by atoms with E-state index in [4.69, 9.17) is 0 Å². The van der Waals surface area contributed by atoms with Gasteiger partial charge in [-0.1, -0.05) is 37.2 Å². The van der Waals surface area contributed by atoms with Crippen LogP contribution in [0.25, 0.3) is 5.69 Å². The second-order valence-corrected chi connectivity index (χ2v) is 6.14. The van der Waals surface area contributed by atoms with Gasteiger partial charge in [-0.2, -0.15) is 0 Å². The van der Waals surface area contributed by atoms with Gasteiger partial charge in [-0.25, -0.2) is 0 Å². The number of aryl methyl sites for hydroxylation is 2. The lowest BCUT2D eigenvalue weighted by atomic mass is 10.2. The van der Waals surface area contributed by atoms with Gasteiger partial charge >= 0.3 is 0 Å². The zero-order valence-corrected chi connectivity index (χ0v) is 14.1. The number of carbonyl (C=O) groups excluding carboxylic acids is 1. The Kier molecular flexibility index (Phi) is 6.00. The number of unbranched alkanes of at least 4 members (excludes halogenated alkanes) is 1. The van der Waals surface area contributed by atoms with Crippen molar-refractivity contribution in [3.05, 3.63) is 35.7 Å². The summed E-state index contributed by atoms with van der Waals surface area (Å²) in [5, 5.41) is 12.0. The van der Waals surface area contributed by atoms with E-state index in [1.54, 1.807) is 0 Å². The van der Waals surface area contributed by atoms with Crippen molar-refractivity contribution >= 4 is 17.7 Å². The predicted octanol–water partition coefficient (Wildman–Crippen LogP) is 2.89. The molecular weight excluding hydrogens is 296 g/mol. The minimum Gasteiger partial charge on any atom is -0.355 e. The summed E-state index contributed by atoms with van der Waals surface area (Å²) in [5.74, 6) is 1.21. The Morgan fingerprint density at radius 3 is 2.86 bits per heavy atom. The molecule has 2 rings (SSSR count). The standard InChI is InChI=1S/C16H22N4OS/c1-4-5-9-17-15(21)11-22-16-19-18-13(3)20(16)14-8-6-7-12(2)10-14/h6-8,10H,4-5,9,11H2,1-3H3,(H,17,21). The first-order chi connectivity index (χ1) is 10.6. The number of thioether (sulfide) groups is 1. The van der Waals surface area contributed by atoms with E-state index in [9.17, 15) is 4.79 Å². The summed E-state index contributed by atoms with van der Waals surface area (Å²) in [4.78, 5) is 11.8. The van der Waals surface area contributed by atoms with Gasteiger partial charge in [0.25, 0.3) is 0 Å². The smallest absolute Gasteiger partial charge is 0.230 e. The van der Waals surface area contributed by atoms with E-state index in [1.165, 1.54) is 17.3 Å². The number of nitrogens with zero attached hydrogens (tertiary/aromatic N) is 3. The third kappa shape index (κ3) is 4.34. The van der Waals surface area contributed by atoms with Crippen LogP contribution in [0.5, 0.6) is 0 Å². The number of benzene rings is 1. The molecule has 0 saturated heterocycles. The van der Waals surface area contributed by atoms with Crippen LogP contribution < -0.4 is 5.32 Å². The molecule has 22 heavy (non-hydrogen) atoms. The molecule has 0 aliphatic rings. The Labute approximate surface area is 135 Å². The van der Waals surface area contributed by atoms with E-state index in [0.717, 1.165) is 36.1 Å². The van der Waals surface area contributed by atoms with Gasteiger partial charge in [-0.15, -0.1) is 10.2 Å². The maximum absolute atomic E-state index is 11.8. The fourth-order valence-electron chi connectivity index (χ4n) is 2.09. The lowest BCUT2D eigenvalue weighted by Crippen LogP contribution is -2.26. The van der Waals surface area contributed by atoms with Crippen LogP contribution >= 0.6 is 11.8 Å². The van der Waals surface area contributed by atoms with E-state index < -0.39 is 0 Å². The number of carbonyl (C=O) groups is 1. The minimum absolute atomic E-state index is 0.0369. The molecule has 0 unspecified atom stereocenters. The number of nitrogens with one attached hydrogen (secondary N) is 1. The largest absolute Gasteiger partial charge is 0.355 e. The summed E-state index contributed by atoms with van der Waals surface area (Å²) in [5.41, 5.74) is 2.20. The van der Waals surface area contributed by atoms with Crippen molar-refractivity contribution in [1.82, 2.24) is 20.1 Å². The molecule has 0 spiro atoms. The molecule has 0 radical (unpaired) electrons. The second kappa shape index (κ2) is 7.98. The molecule has 0 aliphatic heterocycles. The highest BCUT2D eigenvalue weighted by molar-refractivity contribution is 7.99. The topological polar surface area (TPSA) is 59.8 Å². The highest BCUT2D eigenvalue weighted by Crippen LogP contribution is 2.22. The quantitative estimate of drug-likeness (QED) is 0.630. The van der Waals surface area contributed by atoms with Crippen molar-refractivity contribution in [2.75, 3.05) is 12.3 Å². The van der Waals surface area contributed by atoms with Crippen molar-refractivity contribution in [2.24, 2.45) is 0 Å². The maximum Gasteiger partial charge on any atom is 0.230 e. The van der Waals surface area contributed by atoms with E-state index in [0.29, 0.717) is 5.75 Å². The Balaban J connectivity index is 2.05. The fourth-order valence-corrected chi connectivity index (χ4v) is 2.91. The monoisotopic (exact) mass is 318 g/mol. The summed E-state index contributed by atoms with van der Waals surface area (Å²) in [6.07, 6.45) is 2.09. The molecule has 118 valence electrons. The van der Waals surface area contributed by atoms with Gasteiger partial charge in [0, 0.05) is 12.2 Å². The average Bonchev–Trinajstić information content (AvgIpc) is 2.86. The molecule has 0 saturated carbocycles. The predicted molar refractivity (Wildman–Crippen MR) is 89.5 cm³/mol. The average molecular weight is 318 g/mol. The van der Waals surface area contributed by atoms with E-state index >= 15 is 0 Å². The Bertz CT molecular complexity index is 639. The molecule has 1 aromatic carbocycles. The highest BCUT2D eigenvalue weighted by Gasteiger charge is 2.13. The zero-order chi connectivity index (χ0) is 15.9. The molecule has 1 N–H and O–H groups in total. The lowest BCUT2D eigenvalue weighted by Gasteiger charge is -2.09. The van der Waals surface area contributed by atoms with Gasteiger partial charge in [0.05, 0.1) is 5.75 Å². The van der Waals surface area contributed by atoms with Crippen molar-refractivity contribution in [2.45, 2.75) is 38.8 Å². The molecular formula is C16H22N4OS. The van der Waals surface area contributed by atoms with Gasteiger partial charge in [-0.05, 0) is 38.0 Å². The number of rotatable bonds is 7. The molecule has 1 aromatic heterocycles. The zero-order valence-electron chi connectivity index (χ0n) is 13.3. The molecule has 1 heterocycles. The number of amides is 1. The molecule has 0 aliphatic carbocycles. The Hall–Kier alpha value is -1.82. The summed E-state index contributed by atoms with van der Waals surface area (Å²) < 4.78 is 1.98. The summed E-state index contributed by atoms with van der Waals surface area (Å²) >= 11 is 1.41. The lowest BCUT2D eigenvalue weighted by molar-refractivity contribution is -0.118. The second-order valence-electron chi connectivity index (χ2n) is 5.20. The molecule has 5 nitrogen and oxygen atoms in total. The van der Waals surface area contributed by atoms with Crippen LogP contribution in [-0.4, -0.2) is 33.0 Å². The van der Waals surface area contributed by atoms with E-state index in [2.05, 4.69) is 41.5 Å². The maximum atomic E-state index is 11.8. The third-order valence-corrected chi connectivity index (χ3v) is 4.17. The van der Waals surface area contributed by atoms with E-state index in [-0.39, 0.29) is 5.91 Å². The minimum atomic E-state index is 0.0369. The first-order valence-electron chi connectivity index (χ1n) is 7.50. The van der Waals surface area contributed by atoms with Crippen molar-refractivity contribution < 1.29 is 4.79 Å². The van der Waals surface area contributed by atoms with E-state index in [1.807, 2.05) is 23.6 Å². The summed E-state index contributed by atoms with van der Waals surface area (Å²) in [6, 6.07) is 8.17. The van der Waals surface area contributed by atoms with Gasteiger partial charge in [0.1, 0.15) is 5.82 Å². The molecule has 0 atom stereocenters. The first-order valence-corrected chi connectivity index (χ1v) is 8.49. The number of aromatic nitrogens is 3. The molecule has 1 amide bonds. The van der Waals surface area contributed by atoms with Gasteiger partial charge in [0.15, 0.2) is 5.16 Å². The van der Waals surface area contributed by atoms with Crippen LogP contribution in [0.15, 0.2) is 29.4 Å². The van der Waals surface area contributed by atoms with Gasteiger partial charge < -0.3 is 5.32 Å². The number of hydrogen-bond acceptors (Lipinski definition) is 4. The van der Waals surface area contributed by atoms with Crippen LogP contribution in [-0.2, 0) is 4.79 Å². The molecule has 2 aromatic rings. The van der Waals surface area contributed by atoms with Crippen molar-refractivity contribution in [1.29, 1.82) is 0 Å². The highest BCUT2D eigenvalue weighted by atomic mass is 32.2. The SMILES string of the molecule is CCCCNC(=O)CSc1nnc(C)n1-c1cccc(C)c1. The molecule has 0 fully saturated rings. The van der Waals surface area contributed by atoms with Crippen LogP contribution in [0, 0.1) is 13.8 Å². The van der Waals surface area contributed by atoms with Crippen molar-refractivity contribution in [3.63, 3.8) is 0 Å². The number of hydrogen-bond donors (Lipinski definition) is 1. The Morgan fingerprint density at radius 2 is 2.14 bits per heavy atom. The Morgan fingerprint density at radius 1 is 1.32 bits per heavy atom. The molecule has 6 heteroatoms. The van der Waals surface area contributed by atoms with Crippen LogP contribution in [0.2, 0.25) is 0 Å².